The summed E-state index contributed by atoms with van der Waals surface area (Å²) in [6.45, 7) is 8.16. The molecular weight excluding hydrogens is 228 g/mol. The molecule has 5 atom stereocenters. The fraction of sp³-hybridized carbons (Fsp3) is 1.00. The van der Waals surface area contributed by atoms with Gasteiger partial charge in [-0.2, -0.15) is 0 Å². The van der Waals surface area contributed by atoms with E-state index in [4.69, 9.17) is 9.47 Å². The number of hydrogen-bond acceptors (Lipinski definition) is 3. The van der Waals surface area contributed by atoms with Gasteiger partial charge in [0, 0.05) is 0 Å². The van der Waals surface area contributed by atoms with Gasteiger partial charge in [0.1, 0.15) is 0 Å². The van der Waals surface area contributed by atoms with Gasteiger partial charge < -0.3 is 14.6 Å². The fourth-order valence-corrected chi connectivity index (χ4v) is 3.86. The van der Waals surface area contributed by atoms with Crippen molar-refractivity contribution in [3.63, 3.8) is 0 Å². The Morgan fingerprint density at radius 2 is 1.72 bits per heavy atom. The van der Waals surface area contributed by atoms with Crippen LogP contribution in [0.3, 0.4) is 0 Å². The molecule has 0 spiro atoms. The summed E-state index contributed by atoms with van der Waals surface area (Å²) < 4.78 is 12.0. The molecule has 3 heteroatoms. The van der Waals surface area contributed by atoms with Crippen LogP contribution in [0.2, 0.25) is 0 Å². The Balaban J connectivity index is 1.66. The van der Waals surface area contributed by atoms with Crippen molar-refractivity contribution in [1.29, 1.82) is 0 Å². The molecule has 1 aliphatic carbocycles. The van der Waals surface area contributed by atoms with Gasteiger partial charge in [-0.3, -0.25) is 0 Å². The molecule has 104 valence electrons. The van der Waals surface area contributed by atoms with E-state index in [-0.39, 0.29) is 17.3 Å². The first kappa shape index (κ1) is 12.9. The van der Waals surface area contributed by atoms with Gasteiger partial charge in [0.2, 0.25) is 0 Å². The van der Waals surface area contributed by atoms with Crippen LogP contribution in [0.1, 0.15) is 59.8 Å². The molecule has 3 aliphatic rings. The summed E-state index contributed by atoms with van der Waals surface area (Å²) in [4.78, 5) is 0. The van der Waals surface area contributed by atoms with Gasteiger partial charge in [-0.05, 0) is 65.7 Å². The smallest absolute Gasteiger partial charge is 0.0920 e. The molecule has 0 radical (unpaired) electrons. The van der Waals surface area contributed by atoms with Crippen molar-refractivity contribution in [2.24, 2.45) is 5.92 Å². The molecule has 1 saturated carbocycles. The van der Waals surface area contributed by atoms with E-state index in [0.717, 1.165) is 25.7 Å². The Labute approximate surface area is 110 Å². The molecule has 2 saturated heterocycles. The van der Waals surface area contributed by atoms with Crippen molar-refractivity contribution >= 4 is 0 Å². The number of rotatable bonds is 2. The molecule has 0 aromatic rings. The minimum Gasteiger partial charge on any atom is -0.388 e. The normalized spacial score (nSPS) is 52.2. The third-order valence-corrected chi connectivity index (χ3v) is 5.49. The minimum atomic E-state index is -0.725. The molecular formula is C15H26O3. The van der Waals surface area contributed by atoms with Gasteiger partial charge in [-0.15, -0.1) is 0 Å². The van der Waals surface area contributed by atoms with Crippen LogP contribution in [0.4, 0.5) is 0 Å². The van der Waals surface area contributed by atoms with Crippen LogP contribution in [-0.2, 0) is 9.47 Å². The molecule has 0 amide bonds. The third-order valence-electron chi connectivity index (χ3n) is 5.49. The van der Waals surface area contributed by atoms with Crippen molar-refractivity contribution in [2.75, 3.05) is 0 Å². The second kappa shape index (κ2) is 3.71. The highest BCUT2D eigenvalue weighted by atomic mass is 16.6. The first-order chi connectivity index (χ1) is 8.23. The van der Waals surface area contributed by atoms with Gasteiger partial charge in [0.05, 0.1) is 29.0 Å². The van der Waals surface area contributed by atoms with E-state index in [1.165, 1.54) is 6.42 Å². The lowest BCUT2D eigenvalue weighted by molar-refractivity contribution is -0.138. The summed E-state index contributed by atoms with van der Waals surface area (Å²) in [5.41, 5.74) is -0.601. The van der Waals surface area contributed by atoms with Crippen LogP contribution in [0.25, 0.3) is 0 Å². The van der Waals surface area contributed by atoms with Crippen LogP contribution in [-0.4, -0.2) is 34.1 Å². The zero-order chi connectivity index (χ0) is 13.2. The minimum absolute atomic E-state index is 0.0177. The third kappa shape index (κ3) is 2.00. The second-order valence-electron chi connectivity index (χ2n) is 7.50. The number of hydrogen-bond donors (Lipinski definition) is 1. The Bertz CT molecular complexity index is 348. The average molecular weight is 254 g/mol. The molecule has 0 aromatic heterocycles. The van der Waals surface area contributed by atoms with Crippen LogP contribution in [0.15, 0.2) is 0 Å². The van der Waals surface area contributed by atoms with Crippen molar-refractivity contribution in [2.45, 2.75) is 88.8 Å². The van der Waals surface area contributed by atoms with E-state index in [1.54, 1.807) is 0 Å². The molecule has 3 nitrogen and oxygen atoms in total. The molecule has 2 heterocycles. The van der Waals surface area contributed by atoms with Crippen LogP contribution >= 0.6 is 0 Å². The highest BCUT2D eigenvalue weighted by Crippen LogP contribution is 2.54. The first-order valence-corrected chi connectivity index (χ1v) is 7.31. The van der Waals surface area contributed by atoms with Crippen molar-refractivity contribution in [3.05, 3.63) is 0 Å². The van der Waals surface area contributed by atoms with E-state index in [1.807, 2.05) is 13.8 Å². The van der Waals surface area contributed by atoms with Gasteiger partial charge in [-0.1, -0.05) is 0 Å². The molecule has 2 unspecified atom stereocenters. The van der Waals surface area contributed by atoms with E-state index in [2.05, 4.69) is 13.8 Å². The Morgan fingerprint density at radius 3 is 2.28 bits per heavy atom. The lowest BCUT2D eigenvalue weighted by Crippen LogP contribution is -2.43. The lowest BCUT2D eigenvalue weighted by Gasteiger charge is -2.38. The van der Waals surface area contributed by atoms with Crippen molar-refractivity contribution in [1.82, 2.24) is 0 Å². The average Bonchev–Trinajstić information content (AvgIpc) is 2.75. The summed E-state index contributed by atoms with van der Waals surface area (Å²) in [6, 6.07) is 0. The maximum Gasteiger partial charge on any atom is 0.0920 e. The van der Waals surface area contributed by atoms with Gasteiger partial charge in [0.15, 0.2) is 0 Å². The zero-order valence-corrected chi connectivity index (χ0v) is 12.0. The number of ether oxygens (including phenoxy) is 2. The largest absolute Gasteiger partial charge is 0.388 e. The molecule has 1 N–H and O–H groups in total. The predicted octanol–water partition coefficient (Wildman–Crippen LogP) is 2.65. The number of epoxide rings is 1. The van der Waals surface area contributed by atoms with Crippen LogP contribution in [0.5, 0.6) is 0 Å². The molecule has 0 aromatic carbocycles. The molecule has 0 bridgehead atoms. The monoisotopic (exact) mass is 254 g/mol. The summed E-state index contributed by atoms with van der Waals surface area (Å²) in [5, 5.41) is 10.1. The maximum absolute atomic E-state index is 10.1. The fourth-order valence-electron chi connectivity index (χ4n) is 3.86. The van der Waals surface area contributed by atoms with Crippen molar-refractivity contribution < 1.29 is 14.6 Å². The number of aliphatic hydroxyl groups is 1. The predicted molar refractivity (Wildman–Crippen MR) is 69.4 cm³/mol. The second-order valence-corrected chi connectivity index (χ2v) is 7.50. The molecule has 18 heavy (non-hydrogen) atoms. The van der Waals surface area contributed by atoms with E-state index in [0.29, 0.717) is 12.0 Å². The van der Waals surface area contributed by atoms with E-state index in [9.17, 15) is 5.11 Å². The van der Waals surface area contributed by atoms with Gasteiger partial charge in [-0.25, -0.2) is 0 Å². The molecule has 3 rings (SSSR count). The quantitative estimate of drug-likeness (QED) is 0.770. The zero-order valence-electron chi connectivity index (χ0n) is 12.0. The molecule has 2 aliphatic heterocycles. The highest BCUT2D eigenvalue weighted by Gasteiger charge is 2.59. The summed E-state index contributed by atoms with van der Waals surface area (Å²) in [7, 11) is 0. The number of fused-ring (bicyclic) bond motifs is 1. The lowest BCUT2D eigenvalue weighted by atomic mass is 9.73. The highest BCUT2D eigenvalue weighted by molar-refractivity contribution is 5.08. The van der Waals surface area contributed by atoms with Gasteiger partial charge >= 0.3 is 0 Å². The Hall–Kier alpha value is -0.120. The van der Waals surface area contributed by atoms with Crippen LogP contribution < -0.4 is 0 Å². The summed E-state index contributed by atoms with van der Waals surface area (Å²) >= 11 is 0. The van der Waals surface area contributed by atoms with Crippen molar-refractivity contribution in [3.8, 4) is 0 Å². The Kier molecular flexibility index (Phi) is 2.66. The van der Waals surface area contributed by atoms with Gasteiger partial charge in [0.25, 0.3) is 0 Å². The SMILES string of the molecule is CC12CC[C@H]([C@]3(C)CC[C@H](C(C)(C)O)O3)CC1O2. The standard InChI is InChI=1S/C15H26O3/c1-13(2,16)11-6-8-14(3,17-11)10-5-7-15(4)12(9-10)18-15/h10-12,16H,5-9H2,1-4H3/t10-,11+,12?,14-,15?/m0/s1. The van der Waals surface area contributed by atoms with Crippen LogP contribution in [0, 0.1) is 5.92 Å². The molecule has 3 fully saturated rings. The van der Waals surface area contributed by atoms with E-state index >= 15 is 0 Å². The first-order valence-electron chi connectivity index (χ1n) is 7.31. The topological polar surface area (TPSA) is 42.0 Å². The summed E-state index contributed by atoms with van der Waals surface area (Å²) in [6.07, 6.45) is 5.96. The summed E-state index contributed by atoms with van der Waals surface area (Å²) in [5.74, 6) is 0.588. The Morgan fingerprint density at radius 1 is 1.06 bits per heavy atom. The van der Waals surface area contributed by atoms with E-state index < -0.39 is 5.60 Å². The maximum atomic E-state index is 10.1.